The van der Waals surface area contributed by atoms with Crippen LogP contribution in [-0.4, -0.2) is 32.4 Å². The molecule has 0 saturated carbocycles. The van der Waals surface area contributed by atoms with Gasteiger partial charge in [-0.25, -0.2) is 9.48 Å². The van der Waals surface area contributed by atoms with Gasteiger partial charge < -0.3 is 14.6 Å². The zero-order chi connectivity index (χ0) is 26.9. The number of allylic oxidation sites excluding steroid dienone is 1. The van der Waals surface area contributed by atoms with Crippen molar-refractivity contribution in [3.8, 4) is 0 Å². The van der Waals surface area contributed by atoms with E-state index in [1.54, 1.807) is 4.68 Å². The molecule has 196 valence electrons. The van der Waals surface area contributed by atoms with Crippen LogP contribution in [0.2, 0.25) is 5.02 Å². The molecule has 1 aliphatic rings. The van der Waals surface area contributed by atoms with Crippen molar-refractivity contribution >= 4 is 46.2 Å². The summed E-state index contributed by atoms with van der Waals surface area (Å²) in [7, 11) is 1.40. The van der Waals surface area contributed by atoms with Gasteiger partial charge in [0.05, 0.1) is 12.7 Å². The highest BCUT2D eigenvalue weighted by Crippen LogP contribution is 2.40. The number of nitrogens with zero attached hydrogens (tertiary/aromatic N) is 4. The molecule has 6 rings (SSSR count). The Kier molecular flexibility index (Phi) is 6.89. The first kappa shape index (κ1) is 25.3. The number of nitrogens with one attached hydrogen (secondary N) is 1. The highest BCUT2D eigenvalue weighted by molar-refractivity contribution is 7.98. The molecule has 0 radical (unpaired) electrons. The smallest absolute Gasteiger partial charge is 0.338 e. The first-order valence-corrected chi connectivity index (χ1v) is 13.9. The van der Waals surface area contributed by atoms with Crippen LogP contribution in [-0.2, 0) is 21.8 Å². The van der Waals surface area contributed by atoms with Gasteiger partial charge in [0.15, 0.2) is 0 Å². The summed E-state index contributed by atoms with van der Waals surface area (Å²) in [5, 5.41) is 10.5. The Labute approximate surface area is 235 Å². The van der Waals surface area contributed by atoms with E-state index in [-0.39, 0.29) is 0 Å². The second kappa shape index (κ2) is 10.6. The van der Waals surface area contributed by atoms with Crippen molar-refractivity contribution < 1.29 is 9.53 Å². The molecule has 7 nitrogen and oxygen atoms in total. The number of benzene rings is 3. The van der Waals surface area contributed by atoms with Gasteiger partial charge in [-0.2, -0.15) is 4.98 Å². The van der Waals surface area contributed by atoms with E-state index in [4.69, 9.17) is 26.4 Å². The Morgan fingerprint density at radius 1 is 1.05 bits per heavy atom. The highest BCUT2D eigenvalue weighted by Gasteiger charge is 2.36. The molecule has 1 atom stereocenters. The van der Waals surface area contributed by atoms with Crippen LogP contribution < -0.4 is 5.32 Å². The number of thioether (sulfide) groups is 1. The van der Waals surface area contributed by atoms with Crippen LogP contribution in [0.3, 0.4) is 0 Å². The molecule has 3 heterocycles. The van der Waals surface area contributed by atoms with E-state index in [0.29, 0.717) is 39.7 Å². The zero-order valence-corrected chi connectivity index (χ0v) is 23.0. The van der Waals surface area contributed by atoms with E-state index in [2.05, 4.69) is 40.3 Å². The van der Waals surface area contributed by atoms with Crippen LogP contribution in [0, 0.1) is 0 Å². The lowest BCUT2D eigenvalue weighted by Crippen LogP contribution is -2.29. The molecule has 1 N–H and O–H groups in total. The monoisotopic (exact) mass is 555 g/mol. The summed E-state index contributed by atoms with van der Waals surface area (Å²) in [5.41, 5.74) is 5.42. The number of methoxy groups -OCH3 is 1. The van der Waals surface area contributed by atoms with E-state index in [1.807, 2.05) is 61.5 Å². The lowest BCUT2D eigenvalue weighted by molar-refractivity contribution is -0.136. The molecular weight excluding hydrogens is 530 g/mol. The van der Waals surface area contributed by atoms with Crippen molar-refractivity contribution in [2.75, 3.05) is 12.4 Å². The summed E-state index contributed by atoms with van der Waals surface area (Å²) >= 11 is 7.87. The number of esters is 1. The minimum absolute atomic E-state index is 0.406. The number of carbonyl (C=O) groups excluding carboxylic acids is 1. The molecule has 0 spiro atoms. The standard InChI is InChI=1S/C30H26ClN5O2S/c1-19-26(28(37)38-2)27(36-29(32-19)33-30(34-36)39-18-21-12-6-8-14-24(21)31)23-17-35(16-20-10-4-3-5-11-20)25-15-9-7-13-22(23)25/h3-15,17,27H,16,18H2,1-2H3,(H,32,33,34). The molecule has 5 aromatic rings. The summed E-state index contributed by atoms with van der Waals surface area (Å²) in [5.74, 6) is 0.795. The van der Waals surface area contributed by atoms with Crippen LogP contribution in [0.25, 0.3) is 10.9 Å². The molecule has 9 heteroatoms. The number of hydrogen-bond acceptors (Lipinski definition) is 6. The van der Waals surface area contributed by atoms with Crippen LogP contribution in [0.1, 0.15) is 29.7 Å². The zero-order valence-electron chi connectivity index (χ0n) is 21.5. The van der Waals surface area contributed by atoms with Gasteiger partial charge in [0.1, 0.15) is 6.04 Å². The van der Waals surface area contributed by atoms with E-state index in [1.165, 1.54) is 24.4 Å². The molecular formula is C30H26ClN5O2S. The third kappa shape index (κ3) is 4.82. The fraction of sp³-hybridized carbons (Fsp3) is 0.167. The van der Waals surface area contributed by atoms with Crippen molar-refractivity contribution in [3.05, 3.63) is 118 Å². The Bertz CT molecular complexity index is 1710. The number of rotatable bonds is 7. The number of halogens is 1. The van der Waals surface area contributed by atoms with Gasteiger partial charge in [-0.3, -0.25) is 0 Å². The van der Waals surface area contributed by atoms with E-state index >= 15 is 0 Å². The van der Waals surface area contributed by atoms with E-state index < -0.39 is 12.0 Å². The molecule has 1 aliphatic heterocycles. The van der Waals surface area contributed by atoms with Gasteiger partial charge in [-0.1, -0.05) is 90.1 Å². The maximum Gasteiger partial charge on any atom is 0.338 e. The van der Waals surface area contributed by atoms with Crippen molar-refractivity contribution in [3.63, 3.8) is 0 Å². The van der Waals surface area contributed by atoms with Crippen LogP contribution >= 0.6 is 23.4 Å². The fourth-order valence-electron chi connectivity index (χ4n) is 5.02. The number of fused-ring (bicyclic) bond motifs is 2. The molecule has 1 unspecified atom stereocenters. The normalized spacial score (nSPS) is 14.8. The van der Waals surface area contributed by atoms with E-state index in [9.17, 15) is 4.79 Å². The van der Waals surface area contributed by atoms with Crippen molar-refractivity contribution in [1.29, 1.82) is 0 Å². The van der Waals surface area contributed by atoms with Crippen LogP contribution in [0.4, 0.5) is 5.95 Å². The summed E-state index contributed by atoms with van der Waals surface area (Å²) in [4.78, 5) is 17.9. The molecule has 0 amide bonds. The molecule has 2 aromatic heterocycles. The predicted molar refractivity (Wildman–Crippen MR) is 155 cm³/mol. The number of hydrogen-bond donors (Lipinski definition) is 1. The lowest BCUT2D eigenvalue weighted by Gasteiger charge is -2.27. The molecule has 39 heavy (non-hydrogen) atoms. The van der Waals surface area contributed by atoms with Gasteiger partial charge in [0.25, 0.3) is 0 Å². The summed E-state index contributed by atoms with van der Waals surface area (Å²) < 4.78 is 9.25. The summed E-state index contributed by atoms with van der Waals surface area (Å²) in [6, 6.07) is 25.8. The minimum Gasteiger partial charge on any atom is -0.466 e. The first-order chi connectivity index (χ1) is 19.0. The topological polar surface area (TPSA) is 74.0 Å². The predicted octanol–water partition coefficient (Wildman–Crippen LogP) is 6.69. The number of para-hydroxylation sites is 1. The Hall–Kier alpha value is -4.01. The second-order valence-electron chi connectivity index (χ2n) is 9.32. The third-order valence-corrected chi connectivity index (χ3v) is 8.12. The average Bonchev–Trinajstić information content (AvgIpc) is 3.53. The highest BCUT2D eigenvalue weighted by atomic mass is 35.5. The van der Waals surface area contributed by atoms with Gasteiger partial charge in [0, 0.05) is 45.7 Å². The van der Waals surface area contributed by atoms with Crippen molar-refractivity contribution in [2.45, 2.75) is 30.4 Å². The minimum atomic E-state index is -0.516. The third-order valence-electron chi connectivity index (χ3n) is 6.86. The average molecular weight is 556 g/mol. The van der Waals surface area contributed by atoms with Gasteiger partial charge in [0.2, 0.25) is 11.1 Å². The summed E-state index contributed by atoms with van der Waals surface area (Å²) in [6.07, 6.45) is 2.12. The van der Waals surface area contributed by atoms with E-state index in [0.717, 1.165) is 22.0 Å². The largest absolute Gasteiger partial charge is 0.466 e. The molecule has 0 fully saturated rings. The Morgan fingerprint density at radius 2 is 1.79 bits per heavy atom. The Balaban J connectivity index is 1.44. The summed E-state index contributed by atoms with van der Waals surface area (Å²) in [6.45, 7) is 2.57. The number of aromatic nitrogens is 4. The van der Waals surface area contributed by atoms with Crippen molar-refractivity contribution in [2.24, 2.45) is 0 Å². The van der Waals surface area contributed by atoms with Gasteiger partial charge in [-0.05, 0) is 30.2 Å². The van der Waals surface area contributed by atoms with Gasteiger partial charge in [-0.15, -0.1) is 5.10 Å². The van der Waals surface area contributed by atoms with Gasteiger partial charge >= 0.3 is 5.97 Å². The second-order valence-corrected chi connectivity index (χ2v) is 10.7. The SMILES string of the molecule is COC(=O)C1=C(C)Nc2nc(SCc3ccccc3Cl)nn2C1c1cn(Cc2ccccc2)c2ccccc12. The first-order valence-electron chi connectivity index (χ1n) is 12.5. The molecule has 0 aliphatic carbocycles. The Morgan fingerprint density at radius 3 is 2.59 bits per heavy atom. The number of ether oxygens (including phenoxy) is 1. The fourth-order valence-corrected chi connectivity index (χ4v) is 6.13. The molecule has 0 saturated heterocycles. The quantitative estimate of drug-likeness (QED) is 0.178. The maximum absolute atomic E-state index is 13.2. The van der Waals surface area contributed by atoms with Crippen LogP contribution in [0.15, 0.2) is 101 Å². The number of anilines is 1. The maximum atomic E-state index is 13.2. The van der Waals surface area contributed by atoms with Crippen molar-refractivity contribution in [1.82, 2.24) is 19.3 Å². The molecule has 0 bridgehead atoms. The lowest BCUT2D eigenvalue weighted by atomic mass is 9.95. The molecule has 3 aromatic carbocycles. The van der Waals surface area contributed by atoms with Crippen LogP contribution in [0.5, 0.6) is 0 Å². The number of carbonyl (C=O) groups is 1.